The van der Waals surface area contributed by atoms with Crippen molar-refractivity contribution in [1.82, 2.24) is 25.5 Å². The van der Waals surface area contributed by atoms with Crippen molar-refractivity contribution in [3.63, 3.8) is 0 Å². The van der Waals surface area contributed by atoms with Gasteiger partial charge < -0.3 is 5.32 Å². The summed E-state index contributed by atoms with van der Waals surface area (Å²) >= 11 is 3.44. The van der Waals surface area contributed by atoms with Gasteiger partial charge in [-0.1, -0.05) is 35.0 Å². The molecule has 7 heteroatoms. The molecular weight excluding hydrogens is 322 g/mol. The molecule has 1 amide bonds. The SMILES string of the molecule is CC[C@H](C)NC(=O)Cn1nnc(-c2ccccc2Br)n1. The molecule has 106 valence electrons. The van der Waals surface area contributed by atoms with Crippen LogP contribution in [-0.2, 0) is 11.3 Å². The third-order valence-electron chi connectivity index (χ3n) is 2.87. The predicted octanol–water partition coefficient (Wildman–Crippen LogP) is 2.02. The molecule has 0 bridgehead atoms. The highest BCUT2D eigenvalue weighted by Gasteiger charge is 2.12. The first-order chi connectivity index (χ1) is 9.60. The molecule has 0 aliphatic rings. The van der Waals surface area contributed by atoms with E-state index in [4.69, 9.17) is 0 Å². The number of amides is 1. The molecule has 0 saturated heterocycles. The summed E-state index contributed by atoms with van der Waals surface area (Å²) in [4.78, 5) is 13.0. The zero-order chi connectivity index (χ0) is 14.5. The van der Waals surface area contributed by atoms with Gasteiger partial charge in [-0.25, -0.2) is 0 Å². The van der Waals surface area contributed by atoms with E-state index in [0.29, 0.717) is 5.82 Å². The van der Waals surface area contributed by atoms with Crippen molar-refractivity contribution in [3.05, 3.63) is 28.7 Å². The zero-order valence-corrected chi connectivity index (χ0v) is 13.0. The fourth-order valence-corrected chi connectivity index (χ4v) is 2.07. The molecule has 0 aliphatic carbocycles. The van der Waals surface area contributed by atoms with Crippen LogP contribution < -0.4 is 5.32 Å². The van der Waals surface area contributed by atoms with Gasteiger partial charge in [0.1, 0.15) is 6.54 Å². The molecule has 2 aromatic rings. The van der Waals surface area contributed by atoms with Gasteiger partial charge in [0.25, 0.3) is 0 Å². The summed E-state index contributed by atoms with van der Waals surface area (Å²) < 4.78 is 0.892. The van der Waals surface area contributed by atoms with Crippen LogP contribution in [0.5, 0.6) is 0 Å². The predicted molar refractivity (Wildman–Crippen MR) is 78.8 cm³/mol. The second kappa shape index (κ2) is 6.60. The number of nitrogens with zero attached hydrogens (tertiary/aromatic N) is 4. The van der Waals surface area contributed by atoms with Crippen molar-refractivity contribution in [2.24, 2.45) is 0 Å². The van der Waals surface area contributed by atoms with Crippen molar-refractivity contribution in [2.45, 2.75) is 32.9 Å². The fourth-order valence-electron chi connectivity index (χ4n) is 1.61. The number of carbonyl (C=O) groups is 1. The first-order valence-electron chi connectivity index (χ1n) is 6.42. The molecule has 2 rings (SSSR count). The second-order valence-corrected chi connectivity index (χ2v) is 5.35. The summed E-state index contributed by atoms with van der Waals surface area (Å²) in [6, 6.07) is 7.76. The van der Waals surface area contributed by atoms with E-state index in [9.17, 15) is 4.79 Å². The van der Waals surface area contributed by atoms with E-state index >= 15 is 0 Å². The smallest absolute Gasteiger partial charge is 0.243 e. The fraction of sp³-hybridized carbons (Fsp3) is 0.385. The maximum absolute atomic E-state index is 11.7. The number of halogens is 1. The maximum atomic E-state index is 11.7. The second-order valence-electron chi connectivity index (χ2n) is 4.50. The van der Waals surface area contributed by atoms with Gasteiger partial charge in [-0.05, 0) is 30.7 Å². The lowest BCUT2D eigenvalue weighted by Gasteiger charge is -2.10. The molecule has 0 radical (unpaired) electrons. The normalized spacial score (nSPS) is 12.2. The molecule has 6 nitrogen and oxygen atoms in total. The first kappa shape index (κ1) is 14.6. The molecule has 20 heavy (non-hydrogen) atoms. The van der Waals surface area contributed by atoms with Crippen LogP contribution >= 0.6 is 15.9 Å². The number of hydrogen-bond acceptors (Lipinski definition) is 4. The van der Waals surface area contributed by atoms with E-state index in [0.717, 1.165) is 16.5 Å². The van der Waals surface area contributed by atoms with Crippen LogP contribution in [0.4, 0.5) is 0 Å². The summed E-state index contributed by atoms with van der Waals surface area (Å²) in [5.41, 5.74) is 0.848. The third-order valence-corrected chi connectivity index (χ3v) is 3.56. The van der Waals surface area contributed by atoms with Crippen LogP contribution in [0, 0.1) is 0 Å². The van der Waals surface area contributed by atoms with Crippen LogP contribution in [-0.4, -0.2) is 32.2 Å². The Morgan fingerprint density at radius 2 is 2.20 bits per heavy atom. The lowest BCUT2D eigenvalue weighted by Crippen LogP contribution is -2.35. The van der Waals surface area contributed by atoms with Gasteiger partial charge in [0.15, 0.2) is 0 Å². The molecule has 1 N–H and O–H groups in total. The standard InChI is InChI=1S/C13H16BrN5O/c1-3-9(2)15-12(20)8-19-17-13(16-18-19)10-6-4-5-7-11(10)14/h4-7,9H,3,8H2,1-2H3,(H,15,20)/t9-/m0/s1. The summed E-state index contributed by atoms with van der Waals surface area (Å²) in [5, 5.41) is 15.0. The molecule has 1 heterocycles. The van der Waals surface area contributed by atoms with E-state index < -0.39 is 0 Å². The Kier molecular flexibility index (Phi) is 4.84. The molecular formula is C13H16BrN5O. The minimum absolute atomic E-state index is 0.0712. The van der Waals surface area contributed by atoms with Crippen molar-refractivity contribution in [3.8, 4) is 11.4 Å². The van der Waals surface area contributed by atoms with E-state index in [1.165, 1.54) is 4.80 Å². The minimum atomic E-state index is -0.115. The molecule has 0 spiro atoms. The Labute approximate surface area is 125 Å². The summed E-state index contributed by atoms with van der Waals surface area (Å²) in [5.74, 6) is 0.379. The van der Waals surface area contributed by atoms with Crippen molar-refractivity contribution >= 4 is 21.8 Å². The van der Waals surface area contributed by atoms with Crippen LogP contribution in [0.1, 0.15) is 20.3 Å². The number of tetrazole rings is 1. The van der Waals surface area contributed by atoms with E-state index in [2.05, 4.69) is 36.7 Å². The molecule has 1 aromatic heterocycles. The van der Waals surface area contributed by atoms with Gasteiger partial charge in [-0.3, -0.25) is 4.79 Å². The minimum Gasteiger partial charge on any atom is -0.352 e. The van der Waals surface area contributed by atoms with Crippen molar-refractivity contribution in [2.75, 3.05) is 0 Å². The third kappa shape index (κ3) is 3.63. The largest absolute Gasteiger partial charge is 0.352 e. The quantitative estimate of drug-likeness (QED) is 0.905. The van der Waals surface area contributed by atoms with Gasteiger partial charge in [0, 0.05) is 16.1 Å². The molecule has 0 unspecified atom stereocenters. The highest BCUT2D eigenvalue weighted by atomic mass is 79.9. The highest BCUT2D eigenvalue weighted by Crippen LogP contribution is 2.23. The lowest BCUT2D eigenvalue weighted by molar-refractivity contribution is -0.122. The molecule has 0 aliphatic heterocycles. The van der Waals surface area contributed by atoms with Gasteiger partial charge in [0.2, 0.25) is 11.7 Å². The molecule has 0 fully saturated rings. The van der Waals surface area contributed by atoms with Crippen LogP contribution in [0.2, 0.25) is 0 Å². The monoisotopic (exact) mass is 337 g/mol. The molecule has 0 saturated carbocycles. The molecule has 1 atom stereocenters. The highest BCUT2D eigenvalue weighted by molar-refractivity contribution is 9.10. The summed E-state index contributed by atoms with van der Waals surface area (Å²) in [6.45, 7) is 4.05. The number of rotatable bonds is 5. The Morgan fingerprint density at radius 3 is 2.90 bits per heavy atom. The van der Waals surface area contributed by atoms with Gasteiger partial charge in [0.05, 0.1) is 0 Å². The topological polar surface area (TPSA) is 72.7 Å². The van der Waals surface area contributed by atoms with Gasteiger partial charge >= 0.3 is 0 Å². The Hall–Kier alpha value is -1.76. The summed E-state index contributed by atoms with van der Waals surface area (Å²) in [6.07, 6.45) is 0.888. The van der Waals surface area contributed by atoms with Crippen molar-refractivity contribution in [1.29, 1.82) is 0 Å². The zero-order valence-electron chi connectivity index (χ0n) is 11.4. The number of carbonyl (C=O) groups excluding carboxylic acids is 1. The van der Waals surface area contributed by atoms with Crippen molar-refractivity contribution < 1.29 is 4.79 Å². The number of nitrogens with one attached hydrogen (secondary N) is 1. The average molecular weight is 338 g/mol. The number of benzene rings is 1. The van der Waals surface area contributed by atoms with Crippen LogP contribution in [0.25, 0.3) is 11.4 Å². The Morgan fingerprint density at radius 1 is 1.45 bits per heavy atom. The number of aromatic nitrogens is 4. The van der Waals surface area contributed by atoms with E-state index in [1.54, 1.807) is 0 Å². The van der Waals surface area contributed by atoms with Crippen LogP contribution in [0.15, 0.2) is 28.7 Å². The van der Waals surface area contributed by atoms with Gasteiger partial charge in [-0.2, -0.15) is 4.80 Å². The Balaban J connectivity index is 2.06. The van der Waals surface area contributed by atoms with E-state index in [-0.39, 0.29) is 18.5 Å². The molecule has 1 aromatic carbocycles. The average Bonchev–Trinajstić information content (AvgIpc) is 2.87. The van der Waals surface area contributed by atoms with E-state index in [1.807, 2.05) is 38.1 Å². The van der Waals surface area contributed by atoms with Gasteiger partial charge in [-0.15, -0.1) is 10.2 Å². The lowest BCUT2D eigenvalue weighted by atomic mass is 10.2. The number of hydrogen-bond donors (Lipinski definition) is 1. The summed E-state index contributed by atoms with van der Waals surface area (Å²) in [7, 11) is 0. The first-order valence-corrected chi connectivity index (χ1v) is 7.21. The Bertz CT molecular complexity index is 598. The van der Waals surface area contributed by atoms with Crippen LogP contribution in [0.3, 0.4) is 0 Å². The maximum Gasteiger partial charge on any atom is 0.243 e.